The largest absolute Gasteiger partial charge is 0.354 e. The molecule has 2 radical (unpaired) electrons. The highest BCUT2D eigenvalue weighted by atomic mass is 16.1. The number of nitrogens with zero attached hydrogens (tertiary/aromatic N) is 1. The molecular formula is C10H13BN2O. The summed E-state index contributed by atoms with van der Waals surface area (Å²) in [7, 11) is 7.45. The number of nitrogens with one attached hydrogen (secondary N) is 1. The van der Waals surface area contributed by atoms with Gasteiger partial charge in [-0.1, -0.05) is 19.9 Å². The Kier molecular flexibility index (Phi) is 2.94. The zero-order valence-electron chi connectivity index (χ0n) is 8.66. The fraction of sp³-hybridized carbons (Fsp3) is 0.400. The highest BCUT2D eigenvalue weighted by Crippen LogP contribution is 2.16. The molecule has 14 heavy (non-hydrogen) atoms. The first kappa shape index (κ1) is 10.8. The van der Waals surface area contributed by atoms with Crippen LogP contribution < -0.4 is 5.32 Å². The SMILES string of the molecule is [B]C(C)(C)c1cccc(C(=O)NC)n1. The first-order valence-electron chi connectivity index (χ1n) is 4.43. The molecule has 0 aromatic carbocycles. The maximum absolute atomic E-state index is 11.3. The predicted octanol–water partition coefficient (Wildman–Crippen LogP) is 0.845. The second kappa shape index (κ2) is 3.82. The molecule has 0 bridgehead atoms. The third-order valence-electron chi connectivity index (χ3n) is 1.87. The molecule has 1 aromatic heterocycles. The van der Waals surface area contributed by atoms with Crippen molar-refractivity contribution in [2.24, 2.45) is 0 Å². The smallest absolute Gasteiger partial charge is 0.269 e. The Balaban J connectivity index is 3.08. The number of amides is 1. The van der Waals surface area contributed by atoms with Gasteiger partial charge in [-0.2, -0.15) is 0 Å². The molecule has 1 N–H and O–H groups in total. The van der Waals surface area contributed by atoms with E-state index in [0.717, 1.165) is 0 Å². The van der Waals surface area contributed by atoms with E-state index < -0.39 is 5.31 Å². The van der Waals surface area contributed by atoms with Crippen molar-refractivity contribution >= 4 is 13.8 Å². The van der Waals surface area contributed by atoms with Gasteiger partial charge < -0.3 is 5.32 Å². The second-order valence-corrected chi connectivity index (χ2v) is 3.71. The van der Waals surface area contributed by atoms with Crippen molar-refractivity contribution in [1.82, 2.24) is 10.3 Å². The molecule has 1 rings (SSSR count). The summed E-state index contributed by atoms with van der Waals surface area (Å²) in [6, 6.07) is 5.25. The molecule has 4 heteroatoms. The zero-order chi connectivity index (χ0) is 10.8. The molecule has 0 unspecified atom stereocenters. The number of hydrogen-bond acceptors (Lipinski definition) is 2. The molecule has 0 saturated heterocycles. The Labute approximate surface area is 85.3 Å². The molecule has 0 fully saturated rings. The molecule has 0 atom stereocenters. The summed E-state index contributed by atoms with van der Waals surface area (Å²) in [5.74, 6) is -0.198. The Hall–Kier alpha value is -1.32. The van der Waals surface area contributed by atoms with E-state index >= 15 is 0 Å². The highest BCUT2D eigenvalue weighted by molar-refractivity contribution is 6.15. The van der Waals surface area contributed by atoms with E-state index in [-0.39, 0.29) is 5.91 Å². The fourth-order valence-electron chi connectivity index (χ4n) is 1.05. The van der Waals surface area contributed by atoms with Gasteiger partial charge in [0.2, 0.25) is 0 Å². The van der Waals surface area contributed by atoms with Crippen LogP contribution in [0.4, 0.5) is 0 Å². The highest BCUT2D eigenvalue weighted by Gasteiger charge is 2.16. The quantitative estimate of drug-likeness (QED) is 0.699. The molecular weight excluding hydrogens is 175 g/mol. The van der Waals surface area contributed by atoms with Gasteiger partial charge in [-0.25, -0.2) is 4.98 Å². The maximum Gasteiger partial charge on any atom is 0.269 e. The minimum Gasteiger partial charge on any atom is -0.354 e. The summed E-state index contributed by atoms with van der Waals surface area (Å²) in [6.07, 6.45) is 0. The lowest BCUT2D eigenvalue weighted by Gasteiger charge is -2.18. The van der Waals surface area contributed by atoms with Crippen LogP contribution in [0.25, 0.3) is 0 Å². The van der Waals surface area contributed by atoms with Crippen LogP contribution in [0.1, 0.15) is 30.0 Å². The number of aromatic nitrogens is 1. The lowest BCUT2D eigenvalue weighted by atomic mass is 9.70. The molecule has 1 amide bonds. The van der Waals surface area contributed by atoms with Gasteiger partial charge in [-0.3, -0.25) is 4.79 Å². The number of carbonyl (C=O) groups excluding carboxylic acids is 1. The first-order chi connectivity index (χ1) is 6.45. The molecule has 0 spiro atoms. The van der Waals surface area contributed by atoms with E-state index in [0.29, 0.717) is 11.4 Å². The second-order valence-electron chi connectivity index (χ2n) is 3.71. The lowest BCUT2D eigenvalue weighted by Crippen LogP contribution is -2.23. The summed E-state index contributed by atoms with van der Waals surface area (Å²) in [6.45, 7) is 3.70. The molecule has 3 nitrogen and oxygen atoms in total. The van der Waals surface area contributed by atoms with Crippen molar-refractivity contribution in [3.8, 4) is 0 Å². The van der Waals surface area contributed by atoms with Crippen molar-refractivity contribution in [2.45, 2.75) is 19.2 Å². The molecule has 1 aromatic rings. The third kappa shape index (κ3) is 2.34. The van der Waals surface area contributed by atoms with Crippen molar-refractivity contribution in [1.29, 1.82) is 0 Å². The van der Waals surface area contributed by atoms with Crippen LogP contribution in [-0.2, 0) is 5.31 Å². The van der Waals surface area contributed by atoms with Gasteiger partial charge in [0, 0.05) is 12.7 Å². The van der Waals surface area contributed by atoms with Crippen molar-refractivity contribution in [3.05, 3.63) is 29.6 Å². The van der Waals surface area contributed by atoms with Gasteiger partial charge in [0.15, 0.2) is 0 Å². The molecule has 0 aliphatic rings. The normalized spacial score (nSPS) is 11.1. The summed E-state index contributed by atoms with van der Waals surface area (Å²) < 4.78 is 0. The predicted molar refractivity (Wildman–Crippen MR) is 56.4 cm³/mol. The average Bonchev–Trinajstić information content (AvgIpc) is 2.15. The Morgan fingerprint density at radius 3 is 2.64 bits per heavy atom. The van der Waals surface area contributed by atoms with E-state index in [9.17, 15) is 4.79 Å². The summed E-state index contributed by atoms with van der Waals surface area (Å²) in [4.78, 5) is 15.5. The minimum atomic E-state index is -0.524. The summed E-state index contributed by atoms with van der Waals surface area (Å²) in [5, 5.41) is 1.99. The van der Waals surface area contributed by atoms with Crippen LogP contribution in [-0.4, -0.2) is 25.8 Å². The van der Waals surface area contributed by atoms with Gasteiger partial charge in [0.1, 0.15) is 5.69 Å². The van der Waals surface area contributed by atoms with Gasteiger partial charge in [-0.15, -0.1) is 0 Å². The molecule has 1 heterocycles. The van der Waals surface area contributed by atoms with Gasteiger partial charge in [0.25, 0.3) is 5.91 Å². The molecule has 72 valence electrons. The number of hydrogen-bond donors (Lipinski definition) is 1. The van der Waals surface area contributed by atoms with E-state index in [1.54, 1.807) is 19.2 Å². The number of rotatable bonds is 2. The maximum atomic E-state index is 11.3. The lowest BCUT2D eigenvalue weighted by molar-refractivity contribution is 0.0958. The summed E-state index contributed by atoms with van der Waals surface area (Å²) >= 11 is 0. The van der Waals surface area contributed by atoms with Gasteiger partial charge in [0.05, 0.1) is 7.85 Å². The first-order valence-corrected chi connectivity index (χ1v) is 4.43. The number of pyridine rings is 1. The van der Waals surface area contributed by atoms with Crippen LogP contribution in [0.2, 0.25) is 0 Å². The Morgan fingerprint density at radius 1 is 1.50 bits per heavy atom. The van der Waals surface area contributed by atoms with E-state index in [2.05, 4.69) is 10.3 Å². The van der Waals surface area contributed by atoms with E-state index in [1.165, 1.54) is 0 Å². The monoisotopic (exact) mass is 188 g/mol. The Morgan fingerprint density at radius 2 is 2.14 bits per heavy atom. The zero-order valence-corrected chi connectivity index (χ0v) is 8.66. The minimum absolute atomic E-state index is 0.198. The fourth-order valence-corrected chi connectivity index (χ4v) is 1.05. The Bertz CT molecular complexity index is 344. The van der Waals surface area contributed by atoms with Crippen LogP contribution in [0.15, 0.2) is 18.2 Å². The summed E-state index contributed by atoms with van der Waals surface area (Å²) in [5.41, 5.74) is 1.10. The topological polar surface area (TPSA) is 42.0 Å². The molecule has 0 aliphatic carbocycles. The average molecular weight is 188 g/mol. The van der Waals surface area contributed by atoms with Crippen molar-refractivity contribution in [3.63, 3.8) is 0 Å². The van der Waals surface area contributed by atoms with Crippen molar-refractivity contribution in [2.75, 3.05) is 7.05 Å². The standard InChI is InChI=1S/C10H13BN2O/c1-10(2,11)8-6-4-5-7(13-8)9(14)12-3/h4-6H,1-3H3,(H,12,14). The van der Waals surface area contributed by atoms with E-state index in [4.69, 9.17) is 7.85 Å². The van der Waals surface area contributed by atoms with Crippen LogP contribution in [0.3, 0.4) is 0 Å². The molecule has 0 aliphatic heterocycles. The van der Waals surface area contributed by atoms with Gasteiger partial charge in [-0.05, 0) is 17.4 Å². The van der Waals surface area contributed by atoms with Crippen LogP contribution in [0, 0.1) is 0 Å². The molecule has 0 saturated carbocycles. The number of carbonyl (C=O) groups is 1. The van der Waals surface area contributed by atoms with Gasteiger partial charge >= 0.3 is 0 Å². The van der Waals surface area contributed by atoms with Crippen LogP contribution in [0.5, 0.6) is 0 Å². The van der Waals surface area contributed by atoms with Crippen LogP contribution >= 0.6 is 0 Å². The third-order valence-corrected chi connectivity index (χ3v) is 1.87. The van der Waals surface area contributed by atoms with E-state index in [1.807, 2.05) is 19.9 Å². The van der Waals surface area contributed by atoms with Crippen molar-refractivity contribution < 1.29 is 4.79 Å².